The Bertz CT molecular complexity index is 874. The van der Waals surface area contributed by atoms with Crippen LogP contribution in [-0.2, 0) is 11.2 Å². The van der Waals surface area contributed by atoms with Crippen LogP contribution in [0.15, 0.2) is 60.7 Å². The number of nitrogens with one attached hydrogen (secondary N) is 1. The van der Waals surface area contributed by atoms with Crippen molar-refractivity contribution in [1.82, 2.24) is 0 Å². The van der Waals surface area contributed by atoms with Gasteiger partial charge in [0.25, 0.3) is 5.91 Å². The van der Waals surface area contributed by atoms with E-state index in [9.17, 15) is 9.90 Å². The number of carbonyl (C=O) groups excluding carboxylic acids is 1. The summed E-state index contributed by atoms with van der Waals surface area (Å²) >= 11 is 0. The Labute approximate surface area is 140 Å². The lowest BCUT2D eigenvalue weighted by atomic mass is 10.1. The van der Waals surface area contributed by atoms with Crippen LogP contribution in [0.5, 0.6) is 11.5 Å². The van der Waals surface area contributed by atoms with E-state index in [4.69, 9.17) is 4.74 Å². The molecule has 0 bridgehead atoms. The molecule has 0 saturated carbocycles. The summed E-state index contributed by atoms with van der Waals surface area (Å²) in [5.74, 6) is 0.629. The maximum absolute atomic E-state index is 12.2. The second-order valence-corrected chi connectivity index (χ2v) is 5.52. The van der Waals surface area contributed by atoms with Crippen molar-refractivity contribution in [3.63, 3.8) is 0 Å². The van der Waals surface area contributed by atoms with Crippen LogP contribution in [-0.4, -0.2) is 17.6 Å². The first-order valence-corrected chi connectivity index (χ1v) is 7.89. The molecule has 122 valence electrons. The number of benzene rings is 3. The van der Waals surface area contributed by atoms with E-state index in [1.807, 2.05) is 36.4 Å². The van der Waals surface area contributed by atoms with Crippen LogP contribution in [0.4, 0.5) is 5.69 Å². The minimum absolute atomic E-state index is 0.0671. The van der Waals surface area contributed by atoms with E-state index < -0.39 is 0 Å². The van der Waals surface area contributed by atoms with Crippen LogP contribution in [0.3, 0.4) is 0 Å². The Morgan fingerprint density at radius 3 is 2.62 bits per heavy atom. The average Bonchev–Trinajstić information content (AvgIpc) is 2.61. The number of hydrogen-bond donors (Lipinski definition) is 2. The summed E-state index contributed by atoms with van der Waals surface area (Å²) in [5, 5.41) is 14.2. The lowest BCUT2D eigenvalue weighted by Gasteiger charge is -2.11. The summed E-state index contributed by atoms with van der Waals surface area (Å²) in [6.45, 7) is 2.00. The van der Waals surface area contributed by atoms with Gasteiger partial charge in [0.2, 0.25) is 0 Å². The molecule has 3 aromatic rings. The highest BCUT2D eigenvalue weighted by molar-refractivity contribution is 6.04. The predicted molar refractivity (Wildman–Crippen MR) is 95.6 cm³/mol. The summed E-state index contributed by atoms with van der Waals surface area (Å²) < 4.78 is 5.56. The maximum Gasteiger partial charge on any atom is 0.262 e. The van der Waals surface area contributed by atoms with Crippen molar-refractivity contribution in [1.29, 1.82) is 0 Å². The zero-order valence-electron chi connectivity index (χ0n) is 13.5. The minimum Gasteiger partial charge on any atom is -0.507 e. The van der Waals surface area contributed by atoms with E-state index in [0.29, 0.717) is 16.8 Å². The monoisotopic (exact) mass is 321 g/mol. The van der Waals surface area contributed by atoms with Gasteiger partial charge in [-0.05, 0) is 36.2 Å². The Kier molecular flexibility index (Phi) is 4.66. The van der Waals surface area contributed by atoms with Crippen molar-refractivity contribution in [2.75, 3.05) is 11.9 Å². The number of phenols is 1. The van der Waals surface area contributed by atoms with Gasteiger partial charge in [-0.3, -0.25) is 4.79 Å². The maximum atomic E-state index is 12.2. The number of carbonyl (C=O) groups is 1. The molecule has 0 aromatic heterocycles. The number of phenolic OH excluding ortho intramolecular Hbond substituents is 1. The Hall–Kier alpha value is -3.01. The average molecular weight is 321 g/mol. The fourth-order valence-electron chi connectivity index (χ4n) is 2.59. The Morgan fingerprint density at radius 2 is 1.79 bits per heavy atom. The van der Waals surface area contributed by atoms with Crippen molar-refractivity contribution < 1.29 is 14.6 Å². The number of ether oxygens (including phenoxy) is 1. The third kappa shape index (κ3) is 3.49. The fraction of sp³-hybridized carbons (Fsp3) is 0.150. The van der Waals surface area contributed by atoms with E-state index in [-0.39, 0.29) is 18.3 Å². The fourth-order valence-corrected chi connectivity index (χ4v) is 2.59. The summed E-state index contributed by atoms with van der Waals surface area (Å²) in [5.41, 5.74) is 1.82. The molecule has 0 unspecified atom stereocenters. The molecule has 0 radical (unpaired) electrons. The van der Waals surface area contributed by atoms with E-state index in [2.05, 4.69) is 12.2 Å². The molecule has 0 fully saturated rings. The normalized spacial score (nSPS) is 10.5. The number of anilines is 1. The highest BCUT2D eigenvalue weighted by atomic mass is 16.5. The summed E-state index contributed by atoms with van der Waals surface area (Å²) in [4.78, 5) is 12.2. The van der Waals surface area contributed by atoms with Gasteiger partial charge in [0.1, 0.15) is 11.5 Å². The van der Waals surface area contributed by atoms with E-state index in [0.717, 1.165) is 17.4 Å². The number of rotatable bonds is 5. The Balaban J connectivity index is 1.70. The molecule has 0 aliphatic rings. The zero-order chi connectivity index (χ0) is 16.9. The molecular weight excluding hydrogens is 302 g/mol. The summed E-state index contributed by atoms with van der Waals surface area (Å²) in [7, 11) is 0. The predicted octanol–water partition coefficient (Wildman–Crippen LogP) is 4.13. The lowest BCUT2D eigenvalue weighted by molar-refractivity contribution is -0.118. The van der Waals surface area contributed by atoms with Gasteiger partial charge < -0.3 is 15.2 Å². The van der Waals surface area contributed by atoms with Crippen molar-refractivity contribution in [2.24, 2.45) is 0 Å². The Morgan fingerprint density at radius 1 is 1.04 bits per heavy atom. The van der Waals surface area contributed by atoms with Gasteiger partial charge in [-0.25, -0.2) is 0 Å². The van der Waals surface area contributed by atoms with Crippen molar-refractivity contribution in [3.8, 4) is 11.5 Å². The smallest absolute Gasteiger partial charge is 0.262 e. The number of hydrogen-bond acceptors (Lipinski definition) is 3. The quantitative estimate of drug-likeness (QED) is 0.743. The lowest BCUT2D eigenvalue weighted by Crippen LogP contribution is -2.20. The van der Waals surface area contributed by atoms with Crippen LogP contribution < -0.4 is 10.1 Å². The van der Waals surface area contributed by atoms with Gasteiger partial charge in [-0.2, -0.15) is 0 Å². The van der Waals surface area contributed by atoms with E-state index in [1.54, 1.807) is 24.3 Å². The SMILES string of the molecule is CCc1cccc(OCC(=O)Nc2cccc3c(O)cccc23)c1. The summed E-state index contributed by atoms with van der Waals surface area (Å²) in [6.07, 6.45) is 0.920. The highest BCUT2D eigenvalue weighted by Gasteiger charge is 2.08. The number of amides is 1. The topological polar surface area (TPSA) is 58.6 Å². The van der Waals surface area contributed by atoms with E-state index >= 15 is 0 Å². The molecule has 3 aromatic carbocycles. The molecule has 3 rings (SSSR count). The second kappa shape index (κ2) is 7.04. The van der Waals surface area contributed by atoms with Crippen molar-refractivity contribution in [2.45, 2.75) is 13.3 Å². The van der Waals surface area contributed by atoms with Crippen LogP contribution in [0.25, 0.3) is 10.8 Å². The van der Waals surface area contributed by atoms with Gasteiger partial charge in [0, 0.05) is 16.5 Å². The van der Waals surface area contributed by atoms with Crippen molar-refractivity contribution >= 4 is 22.4 Å². The number of fused-ring (bicyclic) bond motifs is 1. The molecule has 0 aliphatic carbocycles. The highest BCUT2D eigenvalue weighted by Crippen LogP contribution is 2.29. The van der Waals surface area contributed by atoms with Gasteiger partial charge in [-0.15, -0.1) is 0 Å². The standard InChI is InChI=1S/C20H19NO3/c1-2-14-6-3-7-15(12-14)24-13-20(23)21-18-10-4-9-17-16(18)8-5-11-19(17)22/h3-12,22H,2,13H2,1H3,(H,21,23). The molecule has 0 aliphatic heterocycles. The first-order valence-electron chi connectivity index (χ1n) is 7.89. The van der Waals surface area contributed by atoms with Crippen molar-refractivity contribution in [3.05, 3.63) is 66.2 Å². The molecule has 2 N–H and O–H groups in total. The van der Waals surface area contributed by atoms with Gasteiger partial charge >= 0.3 is 0 Å². The number of aromatic hydroxyl groups is 1. The van der Waals surface area contributed by atoms with E-state index in [1.165, 1.54) is 0 Å². The van der Waals surface area contributed by atoms with Gasteiger partial charge in [0.15, 0.2) is 6.61 Å². The third-order valence-corrected chi connectivity index (χ3v) is 3.85. The zero-order valence-corrected chi connectivity index (χ0v) is 13.5. The minimum atomic E-state index is -0.243. The van der Waals surface area contributed by atoms with Gasteiger partial charge in [0.05, 0.1) is 0 Å². The van der Waals surface area contributed by atoms with Crippen LogP contribution in [0.2, 0.25) is 0 Å². The first kappa shape index (κ1) is 15.9. The second-order valence-electron chi connectivity index (χ2n) is 5.52. The molecule has 0 atom stereocenters. The molecule has 24 heavy (non-hydrogen) atoms. The van der Waals surface area contributed by atoms with Crippen LogP contribution in [0.1, 0.15) is 12.5 Å². The molecule has 4 heteroatoms. The molecule has 1 amide bonds. The molecule has 0 heterocycles. The number of aryl methyl sites for hydroxylation is 1. The molecule has 4 nitrogen and oxygen atoms in total. The van der Waals surface area contributed by atoms with Crippen LogP contribution in [0, 0.1) is 0 Å². The molecule has 0 spiro atoms. The van der Waals surface area contributed by atoms with Crippen LogP contribution >= 0.6 is 0 Å². The summed E-state index contributed by atoms with van der Waals surface area (Å²) in [6, 6.07) is 18.3. The molecular formula is C20H19NO3. The third-order valence-electron chi connectivity index (χ3n) is 3.85. The first-order chi connectivity index (χ1) is 11.7. The largest absolute Gasteiger partial charge is 0.507 e. The molecule has 0 saturated heterocycles. The van der Waals surface area contributed by atoms with Gasteiger partial charge in [-0.1, -0.05) is 43.3 Å².